The maximum Gasteiger partial charge on any atom is 0.330 e. The Balaban J connectivity index is 2.40. The van der Waals surface area contributed by atoms with Gasteiger partial charge in [-0.3, -0.25) is 5.41 Å². The smallest absolute Gasteiger partial charge is 0.330 e. The van der Waals surface area contributed by atoms with Crippen LogP contribution in [0.4, 0.5) is 5.69 Å². The van der Waals surface area contributed by atoms with Gasteiger partial charge >= 0.3 is 5.97 Å². The van der Waals surface area contributed by atoms with Crippen LogP contribution < -0.4 is 15.8 Å². The van der Waals surface area contributed by atoms with E-state index in [-0.39, 0.29) is 16.6 Å². The number of amidine groups is 1. The average molecular weight is 396 g/mol. The van der Waals surface area contributed by atoms with E-state index in [1.165, 1.54) is 12.1 Å². The molecule has 2 rings (SSSR count). The SMILES string of the molecule is CCCOc1c(Cl)cc(Cl)cc1C(Nc1ccc(C(=N)N)cc1)C(=O)O. The van der Waals surface area contributed by atoms with Gasteiger partial charge in [-0.1, -0.05) is 30.1 Å². The standard InChI is InChI=1S/C18H19Cl2N3O3/c1-2-7-26-16-13(8-11(19)9-14(16)20)15(18(24)25)23-12-5-3-10(4-6-12)17(21)22/h3-6,8-9,15,23H,2,7H2,1H3,(H3,21,22)(H,24,25). The van der Waals surface area contributed by atoms with E-state index < -0.39 is 12.0 Å². The summed E-state index contributed by atoms with van der Waals surface area (Å²) >= 11 is 12.3. The van der Waals surface area contributed by atoms with Crippen molar-refractivity contribution in [2.75, 3.05) is 11.9 Å². The third kappa shape index (κ3) is 4.80. The highest BCUT2D eigenvalue weighted by Crippen LogP contribution is 2.37. The van der Waals surface area contributed by atoms with Crippen LogP contribution in [0.15, 0.2) is 36.4 Å². The number of ether oxygens (including phenoxy) is 1. The molecular weight excluding hydrogens is 377 g/mol. The zero-order valence-electron chi connectivity index (χ0n) is 14.1. The predicted octanol–water partition coefficient (Wildman–Crippen LogP) is 4.30. The molecule has 8 heteroatoms. The number of hydrogen-bond acceptors (Lipinski definition) is 4. The summed E-state index contributed by atoms with van der Waals surface area (Å²) in [6, 6.07) is 8.45. The van der Waals surface area contributed by atoms with Crippen LogP contribution in [0, 0.1) is 5.41 Å². The van der Waals surface area contributed by atoms with E-state index in [1.54, 1.807) is 24.3 Å². The molecule has 6 nitrogen and oxygen atoms in total. The van der Waals surface area contributed by atoms with Crippen molar-refractivity contribution in [1.29, 1.82) is 5.41 Å². The number of nitrogens with one attached hydrogen (secondary N) is 2. The van der Waals surface area contributed by atoms with Crippen LogP contribution in [0.2, 0.25) is 10.0 Å². The van der Waals surface area contributed by atoms with E-state index in [9.17, 15) is 9.90 Å². The van der Waals surface area contributed by atoms with Crippen molar-refractivity contribution in [3.05, 3.63) is 57.6 Å². The van der Waals surface area contributed by atoms with Gasteiger partial charge in [0, 0.05) is 21.8 Å². The number of aliphatic carboxylic acids is 1. The Morgan fingerprint density at radius 3 is 2.50 bits per heavy atom. The number of nitrogens with two attached hydrogens (primary N) is 1. The third-order valence-corrected chi connectivity index (χ3v) is 4.05. The van der Waals surface area contributed by atoms with Crippen LogP contribution in [-0.4, -0.2) is 23.5 Å². The lowest BCUT2D eigenvalue weighted by Crippen LogP contribution is -2.22. The van der Waals surface area contributed by atoms with Crippen LogP contribution >= 0.6 is 23.2 Å². The number of carboxylic acid groups (broad SMARTS) is 1. The van der Waals surface area contributed by atoms with Crippen LogP contribution in [-0.2, 0) is 4.79 Å². The Morgan fingerprint density at radius 2 is 1.96 bits per heavy atom. The number of nitrogen functional groups attached to an aromatic ring is 1. The number of rotatable bonds is 8. The highest BCUT2D eigenvalue weighted by atomic mass is 35.5. The molecule has 2 aromatic carbocycles. The molecule has 1 unspecified atom stereocenters. The fourth-order valence-corrected chi connectivity index (χ4v) is 2.90. The normalized spacial score (nSPS) is 11.7. The molecule has 2 aromatic rings. The van der Waals surface area contributed by atoms with Crippen molar-refractivity contribution >= 4 is 40.7 Å². The van der Waals surface area contributed by atoms with Crippen molar-refractivity contribution in [1.82, 2.24) is 0 Å². The second-order valence-corrected chi connectivity index (χ2v) is 6.40. The third-order valence-electron chi connectivity index (χ3n) is 3.55. The predicted molar refractivity (Wildman–Crippen MR) is 104 cm³/mol. The van der Waals surface area contributed by atoms with Gasteiger partial charge in [0.05, 0.1) is 11.6 Å². The van der Waals surface area contributed by atoms with Gasteiger partial charge in [0.15, 0.2) is 6.04 Å². The molecule has 0 bridgehead atoms. The van der Waals surface area contributed by atoms with Gasteiger partial charge in [0.2, 0.25) is 0 Å². The number of carboxylic acids is 1. The lowest BCUT2D eigenvalue weighted by atomic mass is 10.0. The lowest BCUT2D eigenvalue weighted by Gasteiger charge is -2.21. The number of benzene rings is 2. The molecule has 0 spiro atoms. The Hall–Kier alpha value is -2.44. The average Bonchev–Trinajstić information content (AvgIpc) is 2.58. The maximum absolute atomic E-state index is 11.9. The molecule has 0 aliphatic carbocycles. The summed E-state index contributed by atoms with van der Waals surface area (Å²) in [5.74, 6) is -0.887. The van der Waals surface area contributed by atoms with E-state index in [2.05, 4.69) is 5.32 Å². The van der Waals surface area contributed by atoms with Gasteiger partial charge in [-0.2, -0.15) is 0 Å². The van der Waals surface area contributed by atoms with Crippen LogP contribution in [0.5, 0.6) is 5.75 Å². The molecule has 0 aliphatic heterocycles. The Labute approximate surface area is 161 Å². The second kappa shape index (κ2) is 8.78. The lowest BCUT2D eigenvalue weighted by molar-refractivity contribution is -0.138. The second-order valence-electron chi connectivity index (χ2n) is 5.56. The summed E-state index contributed by atoms with van der Waals surface area (Å²) in [4.78, 5) is 11.9. The number of hydrogen-bond donors (Lipinski definition) is 4. The van der Waals surface area contributed by atoms with Gasteiger partial charge < -0.3 is 20.9 Å². The minimum atomic E-state index is -1.12. The Bertz CT molecular complexity index is 810. The molecule has 26 heavy (non-hydrogen) atoms. The topological polar surface area (TPSA) is 108 Å². The zero-order chi connectivity index (χ0) is 19.3. The maximum atomic E-state index is 11.9. The quantitative estimate of drug-likeness (QED) is 0.393. The molecule has 0 aliphatic rings. The Kier molecular flexibility index (Phi) is 6.71. The highest BCUT2D eigenvalue weighted by molar-refractivity contribution is 6.35. The first kappa shape index (κ1) is 19.9. The fourth-order valence-electron chi connectivity index (χ4n) is 2.34. The molecule has 138 valence electrons. The summed E-state index contributed by atoms with van der Waals surface area (Å²) in [6.07, 6.45) is 0.746. The summed E-state index contributed by atoms with van der Waals surface area (Å²) < 4.78 is 5.65. The molecule has 0 amide bonds. The molecule has 0 saturated heterocycles. The van der Waals surface area contributed by atoms with Crippen molar-refractivity contribution in [2.24, 2.45) is 5.73 Å². The van der Waals surface area contributed by atoms with Gasteiger partial charge in [0.1, 0.15) is 11.6 Å². The van der Waals surface area contributed by atoms with E-state index in [1.807, 2.05) is 6.92 Å². The monoisotopic (exact) mass is 395 g/mol. The first-order valence-corrected chi connectivity index (χ1v) is 8.64. The van der Waals surface area contributed by atoms with E-state index in [0.29, 0.717) is 28.4 Å². The van der Waals surface area contributed by atoms with Crippen LogP contribution in [0.3, 0.4) is 0 Å². The summed E-state index contributed by atoms with van der Waals surface area (Å²) in [6.45, 7) is 2.33. The summed E-state index contributed by atoms with van der Waals surface area (Å²) in [5, 5.41) is 20.6. The van der Waals surface area contributed by atoms with E-state index in [0.717, 1.165) is 6.42 Å². The minimum Gasteiger partial charge on any atom is -0.492 e. The molecule has 1 atom stereocenters. The van der Waals surface area contributed by atoms with E-state index >= 15 is 0 Å². The van der Waals surface area contributed by atoms with Gasteiger partial charge in [-0.15, -0.1) is 0 Å². The fraction of sp³-hybridized carbons (Fsp3) is 0.222. The molecular formula is C18H19Cl2N3O3. The summed E-state index contributed by atoms with van der Waals surface area (Å²) in [5.41, 5.74) is 6.84. The number of carbonyl (C=O) groups is 1. The molecule has 5 N–H and O–H groups in total. The van der Waals surface area contributed by atoms with Crippen molar-refractivity contribution in [3.63, 3.8) is 0 Å². The molecule has 0 saturated carbocycles. The van der Waals surface area contributed by atoms with Gasteiger partial charge in [-0.25, -0.2) is 4.79 Å². The highest BCUT2D eigenvalue weighted by Gasteiger charge is 2.26. The van der Waals surface area contributed by atoms with Crippen LogP contribution in [0.1, 0.15) is 30.5 Å². The molecule has 0 aromatic heterocycles. The molecule has 0 radical (unpaired) electrons. The molecule has 0 fully saturated rings. The van der Waals surface area contributed by atoms with Gasteiger partial charge in [0.25, 0.3) is 0 Å². The van der Waals surface area contributed by atoms with E-state index in [4.69, 9.17) is 39.1 Å². The number of anilines is 1. The van der Waals surface area contributed by atoms with Crippen molar-refractivity contribution in [2.45, 2.75) is 19.4 Å². The summed E-state index contributed by atoms with van der Waals surface area (Å²) in [7, 11) is 0. The first-order valence-electron chi connectivity index (χ1n) is 7.89. The first-order chi connectivity index (χ1) is 12.3. The van der Waals surface area contributed by atoms with Crippen molar-refractivity contribution in [3.8, 4) is 5.75 Å². The largest absolute Gasteiger partial charge is 0.492 e. The van der Waals surface area contributed by atoms with Crippen LogP contribution in [0.25, 0.3) is 0 Å². The van der Waals surface area contributed by atoms with Gasteiger partial charge in [-0.05, 0) is 42.8 Å². The van der Waals surface area contributed by atoms with Crippen molar-refractivity contribution < 1.29 is 14.6 Å². The minimum absolute atomic E-state index is 0.0665. The Morgan fingerprint density at radius 1 is 1.31 bits per heavy atom. The zero-order valence-corrected chi connectivity index (χ0v) is 15.6. The molecule has 0 heterocycles. The number of halogens is 2.